The molecule has 5 nitrogen and oxygen atoms in total. The molecule has 1 rings (SSSR count). The number of rotatable bonds is 5. The van der Waals surface area contributed by atoms with Crippen LogP contribution in [-0.2, 0) is 14.8 Å². The van der Waals surface area contributed by atoms with Gasteiger partial charge in [-0.25, -0.2) is 12.7 Å². The molecule has 0 radical (unpaired) electrons. The first-order chi connectivity index (χ1) is 7.49. The molecule has 1 saturated heterocycles. The molecule has 0 amide bonds. The number of hydrogen-bond acceptors (Lipinski definition) is 4. The molecule has 0 aromatic rings. The topological polar surface area (TPSA) is 58.6 Å². The van der Waals surface area contributed by atoms with Gasteiger partial charge < -0.3 is 10.1 Å². The number of piperidine rings is 1. The summed E-state index contributed by atoms with van der Waals surface area (Å²) in [6, 6.07) is 0.450. The number of hydrogen-bond donors (Lipinski definition) is 1. The molecular weight excluding hydrogens is 264 g/mol. The van der Waals surface area contributed by atoms with Crippen molar-refractivity contribution >= 4 is 22.4 Å². The van der Waals surface area contributed by atoms with Gasteiger partial charge in [-0.05, 0) is 26.8 Å². The summed E-state index contributed by atoms with van der Waals surface area (Å²) in [5.41, 5.74) is 0. The smallest absolute Gasteiger partial charge is 0.216 e. The van der Waals surface area contributed by atoms with Crippen molar-refractivity contribution in [3.63, 3.8) is 0 Å². The molecule has 1 unspecified atom stereocenters. The van der Waals surface area contributed by atoms with Gasteiger partial charge in [0, 0.05) is 26.2 Å². The summed E-state index contributed by atoms with van der Waals surface area (Å²) in [6.45, 7) is 3.01. The van der Waals surface area contributed by atoms with Crippen LogP contribution in [0.25, 0.3) is 0 Å². The highest BCUT2D eigenvalue weighted by molar-refractivity contribution is 7.89. The van der Waals surface area contributed by atoms with Gasteiger partial charge in [-0.15, -0.1) is 12.4 Å². The number of ether oxygens (including phenoxy) is 1. The van der Waals surface area contributed by atoms with Crippen molar-refractivity contribution in [2.75, 3.05) is 33.0 Å². The Morgan fingerprint density at radius 2 is 1.94 bits per heavy atom. The van der Waals surface area contributed by atoms with E-state index in [1.165, 1.54) is 7.11 Å². The molecule has 0 aromatic carbocycles. The van der Waals surface area contributed by atoms with E-state index in [1.807, 2.05) is 7.05 Å². The van der Waals surface area contributed by atoms with E-state index in [1.54, 1.807) is 11.2 Å². The maximum atomic E-state index is 12.0. The van der Waals surface area contributed by atoms with E-state index in [9.17, 15) is 8.42 Å². The Kier molecular flexibility index (Phi) is 7.58. The Morgan fingerprint density at radius 1 is 1.41 bits per heavy atom. The summed E-state index contributed by atoms with van der Waals surface area (Å²) in [7, 11) is 0.308. The molecule has 1 heterocycles. The maximum Gasteiger partial charge on any atom is 0.216 e. The van der Waals surface area contributed by atoms with Crippen molar-refractivity contribution in [3.8, 4) is 0 Å². The molecule has 7 heteroatoms. The quantitative estimate of drug-likeness (QED) is 0.798. The second kappa shape index (κ2) is 7.53. The van der Waals surface area contributed by atoms with Crippen LogP contribution in [0.4, 0.5) is 0 Å². The van der Waals surface area contributed by atoms with Gasteiger partial charge in [0.15, 0.2) is 0 Å². The van der Waals surface area contributed by atoms with Crippen LogP contribution >= 0.6 is 12.4 Å². The van der Waals surface area contributed by atoms with Gasteiger partial charge in [0.05, 0.1) is 11.9 Å². The lowest BCUT2D eigenvalue weighted by atomic mass is 10.1. The van der Waals surface area contributed by atoms with Gasteiger partial charge in [-0.1, -0.05) is 0 Å². The van der Waals surface area contributed by atoms with E-state index in [0.717, 1.165) is 12.8 Å². The fraction of sp³-hybridized carbons (Fsp3) is 1.00. The third-order valence-electron chi connectivity index (χ3n) is 3.10. The fourth-order valence-electron chi connectivity index (χ4n) is 1.89. The van der Waals surface area contributed by atoms with Crippen LogP contribution in [-0.4, -0.2) is 57.9 Å². The zero-order valence-electron chi connectivity index (χ0n) is 10.7. The van der Waals surface area contributed by atoms with Crippen LogP contribution in [0.2, 0.25) is 0 Å². The predicted octanol–water partition coefficient (Wildman–Crippen LogP) is 0.457. The monoisotopic (exact) mass is 286 g/mol. The van der Waals surface area contributed by atoms with Crippen LogP contribution in [0.5, 0.6) is 0 Å². The van der Waals surface area contributed by atoms with Crippen LogP contribution < -0.4 is 5.32 Å². The van der Waals surface area contributed by atoms with Crippen LogP contribution in [0.1, 0.15) is 19.8 Å². The minimum atomic E-state index is -3.15. The summed E-state index contributed by atoms with van der Waals surface area (Å²) in [4.78, 5) is 0. The minimum absolute atomic E-state index is 0. The zero-order chi connectivity index (χ0) is 12.2. The number of methoxy groups -OCH3 is 1. The van der Waals surface area contributed by atoms with E-state index in [0.29, 0.717) is 19.1 Å². The summed E-state index contributed by atoms with van der Waals surface area (Å²) in [6.07, 6.45) is 1.53. The molecule has 17 heavy (non-hydrogen) atoms. The van der Waals surface area contributed by atoms with E-state index in [4.69, 9.17) is 4.74 Å². The lowest BCUT2D eigenvalue weighted by molar-refractivity contribution is 0.134. The summed E-state index contributed by atoms with van der Waals surface area (Å²) < 4.78 is 30.5. The second-order valence-electron chi connectivity index (χ2n) is 4.29. The molecule has 0 saturated carbocycles. The molecule has 1 aliphatic rings. The third kappa shape index (κ3) is 5.09. The van der Waals surface area contributed by atoms with Gasteiger partial charge in [0.1, 0.15) is 0 Å². The Morgan fingerprint density at radius 3 is 2.35 bits per heavy atom. The van der Waals surface area contributed by atoms with Crippen molar-refractivity contribution in [1.82, 2.24) is 9.62 Å². The second-order valence-corrected chi connectivity index (χ2v) is 6.30. The fourth-order valence-corrected chi connectivity index (χ4v) is 3.60. The Labute approximate surface area is 110 Å². The van der Waals surface area contributed by atoms with Crippen molar-refractivity contribution in [3.05, 3.63) is 0 Å². The maximum absolute atomic E-state index is 12.0. The highest BCUT2D eigenvalue weighted by Crippen LogP contribution is 2.15. The number of nitrogens with one attached hydrogen (secondary N) is 1. The van der Waals surface area contributed by atoms with Crippen LogP contribution in [0.3, 0.4) is 0 Å². The average Bonchev–Trinajstić information content (AvgIpc) is 2.28. The first-order valence-corrected chi connectivity index (χ1v) is 7.28. The largest absolute Gasteiger partial charge is 0.381 e. The molecule has 0 aliphatic carbocycles. The molecule has 1 N–H and O–H groups in total. The van der Waals surface area contributed by atoms with E-state index in [2.05, 4.69) is 5.32 Å². The summed E-state index contributed by atoms with van der Waals surface area (Å²) in [5.74, 6) is 0.0771. The van der Waals surface area contributed by atoms with Crippen molar-refractivity contribution < 1.29 is 13.2 Å². The van der Waals surface area contributed by atoms with Gasteiger partial charge in [0.25, 0.3) is 0 Å². The predicted molar refractivity (Wildman–Crippen MR) is 71.2 cm³/mol. The van der Waals surface area contributed by atoms with Gasteiger partial charge in [-0.2, -0.15) is 0 Å². The first kappa shape index (κ1) is 17.1. The molecule has 0 bridgehead atoms. The van der Waals surface area contributed by atoms with Crippen LogP contribution in [0.15, 0.2) is 0 Å². The van der Waals surface area contributed by atoms with Crippen molar-refractivity contribution in [1.29, 1.82) is 0 Å². The van der Waals surface area contributed by atoms with Crippen molar-refractivity contribution in [2.45, 2.75) is 31.9 Å². The first-order valence-electron chi connectivity index (χ1n) is 5.67. The molecule has 1 fully saturated rings. The van der Waals surface area contributed by atoms with Crippen LogP contribution in [0, 0.1) is 0 Å². The normalized spacial score (nSPS) is 20.9. The lowest BCUT2D eigenvalue weighted by Crippen LogP contribution is -2.45. The van der Waals surface area contributed by atoms with Gasteiger partial charge >= 0.3 is 0 Å². The Hall–Kier alpha value is 0.120. The number of halogens is 1. The average molecular weight is 287 g/mol. The molecule has 0 spiro atoms. The van der Waals surface area contributed by atoms with E-state index >= 15 is 0 Å². The summed E-state index contributed by atoms with van der Waals surface area (Å²) >= 11 is 0. The minimum Gasteiger partial charge on any atom is -0.381 e. The van der Waals surface area contributed by atoms with E-state index < -0.39 is 10.0 Å². The Bertz CT molecular complexity index is 303. The summed E-state index contributed by atoms with van der Waals surface area (Å²) in [5, 5.41) is 3.18. The molecule has 104 valence electrons. The van der Waals surface area contributed by atoms with E-state index in [-0.39, 0.29) is 24.3 Å². The highest BCUT2D eigenvalue weighted by Gasteiger charge is 2.28. The van der Waals surface area contributed by atoms with Gasteiger partial charge in [0.2, 0.25) is 10.0 Å². The zero-order valence-corrected chi connectivity index (χ0v) is 12.3. The highest BCUT2D eigenvalue weighted by atomic mass is 35.5. The van der Waals surface area contributed by atoms with Gasteiger partial charge in [-0.3, -0.25) is 0 Å². The molecule has 1 aliphatic heterocycles. The SMILES string of the molecule is CNC1CCN(S(=O)(=O)CC(C)OC)CC1.Cl. The molecule has 0 aromatic heterocycles. The standard InChI is InChI=1S/C10H22N2O3S.ClH/c1-9(15-3)8-16(13,14)12-6-4-10(11-2)5-7-12;/h9-11H,4-8H2,1-3H3;1H. The number of sulfonamides is 1. The van der Waals surface area contributed by atoms with Crippen molar-refractivity contribution in [2.24, 2.45) is 0 Å². The molecular formula is C10H23ClN2O3S. The Balaban J connectivity index is 0.00000256. The lowest BCUT2D eigenvalue weighted by Gasteiger charge is -2.31. The number of nitrogens with zero attached hydrogens (tertiary/aromatic N) is 1. The molecule has 1 atom stereocenters. The third-order valence-corrected chi connectivity index (χ3v) is 5.15.